The number of carbonyl (C=O) groups excluding carboxylic acids is 1. The van der Waals surface area contributed by atoms with E-state index in [1.807, 2.05) is 0 Å². The van der Waals surface area contributed by atoms with Crippen LogP contribution in [0, 0.1) is 0 Å². The van der Waals surface area contributed by atoms with Crippen LogP contribution in [0.2, 0.25) is 0 Å². The molecule has 3 N–H and O–H groups in total. The third-order valence-corrected chi connectivity index (χ3v) is 2.57. The maximum atomic E-state index is 11.4. The van der Waals surface area contributed by atoms with Gasteiger partial charge in [0.15, 0.2) is 0 Å². The fourth-order valence-electron chi connectivity index (χ4n) is 0.759. The van der Waals surface area contributed by atoms with Crippen LogP contribution in [0.5, 0.6) is 0 Å². The number of benzene rings is 1. The van der Waals surface area contributed by atoms with E-state index in [0.717, 1.165) is 0 Å². The first-order valence-electron chi connectivity index (χ1n) is 3.80. The molecule has 0 spiro atoms. The maximum absolute atomic E-state index is 11.4. The molecular weight excluding hydrogens is 220 g/mol. The van der Waals surface area contributed by atoms with Crippen molar-refractivity contribution >= 4 is 16.1 Å². The van der Waals surface area contributed by atoms with Crippen molar-refractivity contribution < 1.29 is 13.2 Å². The Balaban J connectivity index is 2.96. The van der Waals surface area contributed by atoms with Gasteiger partial charge in [0.25, 0.3) is 10.0 Å². The number of nitrogens with one attached hydrogen (secondary N) is 1. The second-order valence-corrected chi connectivity index (χ2v) is 4.00. The Labute approximate surface area is 86.0 Å². The van der Waals surface area contributed by atoms with Crippen molar-refractivity contribution in [2.24, 2.45) is 15.5 Å². The van der Waals surface area contributed by atoms with Gasteiger partial charge in [-0.15, -0.1) is 0 Å². The number of rotatable bonds is 2. The van der Waals surface area contributed by atoms with Gasteiger partial charge in [0, 0.05) is 0 Å². The van der Waals surface area contributed by atoms with Gasteiger partial charge in [-0.05, 0) is 16.7 Å². The number of hydrogen-bond donors (Lipinski definition) is 2. The van der Waals surface area contributed by atoms with Crippen LogP contribution in [-0.2, 0) is 10.0 Å². The summed E-state index contributed by atoms with van der Waals surface area (Å²) in [6, 6.07) is 6.37. The molecule has 0 heterocycles. The van der Waals surface area contributed by atoms with Crippen LogP contribution >= 0.6 is 0 Å². The molecule has 0 aromatic heterocycles. The zero-order valence-corrected chi connectivity index (χ0v) is 8.31. The number of hydrazine groups is 1. The molecule has 1 rings (SSSR count). The van der Waals surface area contributed by atoms with Crippen molar-refractivity contribution in [3.63, 3.8) is 0 Å². The van der Waals surface area contributed by atoms with Crippen LogP contribution in [0.1, 0.15) is 0 Å². The molecule has 0 aliphatic heterocycles. The number of sulfonamides is 1. The summed E-state index contributed by atoms with van der Waals surface area (Å²) in [7, 11) is -3.92. The minimum Gasteiger partial charge on any atom is -0.273 e. The first kappa shape index (κ1) is 11.3. The summed E-state index contributed by atoms with van der Waals surface area (Å²) in [5, 5.41) is 2.85. The number of urea groups is 1. The molecule has 0 unspecified atom stereocenters. The Kier molecular flexibility index (Phi) is 3.47. The molecule has 0 fully saturated rings. The van der Waals surface area contributed by atoms with E-state index in [2.05, 4.69) is 9.63 Å². The molecule has 8 heteroatoms. The summed E-state index contributed by atoms with van der Waals surface area (Å²) < 4.78 is 25.6. The number of carbonyl (C=O) groups is 1. The predicted octanol–water partition coefficient (Wildman–Crippen LogP) is 0.411. The Morgan fingerprint density at radius 3 is 2.40 bits per heavy atom. The van der Waals surface area contributed by atoms with Crippen molar-refractivity contribution in [3.05, 3.63) is 30.3 Å². The molecule has 0 saturated carbocycles. The Morgan fingerprint density at radius 2 is 1.87 bits per heavy atom. The lowest BCUT2D eigenvalue weighted by Gasteiger charge is -1.95. The highest BCUT2D eigenvalue weighted by Gasteiger charge is 2.12. The van der Waals surface area contributed by atoms with Crippen LogP contribution in [0.3, 0.4) is 0 Å². The molecule has 2 amide bonds. The zero-order valence-electron chi connectivity index (χ0n) is 7.49. The fraction of sp³-hybridized carbons (Fsp3) is 0. The van der Waals surface area contributed by atoms with Crippen LogP contribution < -0.4 is 11.3 Å². The van der Waals surface area contributed by atoms with Gasteiger partial charge in [-0.25, -0.2) is 10.6 Å². The Morgan fingerprint density at radius 1 is 1.27 bits per heavy atom. The standard InChI is InChI=1S/C7H8N4O3S/c8-9-7(12)10-11-15(13,14)6-4-2-1-3-5-6/h1-5H,8H2,(H,9,12). The molecule has 0 saturated heterocycles. The van der Waals surface area contributed by atoms with E-state index in [4.69, 9.17) is 5.84 Å². The van der Waals surface area contributed by atoms with E-state index in [0.29, 0.717) is 0 Å². The lowest BCUT2D eigenvalue weighted by atomic mass is 10.4. The lowest BCUT2D eigenvalue weighted by Crippen LogP contribution is -2.26. The van der Waals surface area contributed by atoms with E-state index in [9.17, 15) is 13.2 Å². The van der Waals surface area contributed by atoms with Crippen molar-refractivity contribution in [2.45, 2.75) is 4.90 Å². The number of nitrogens with zero attached hydrogens (tertiary/aromatic N) is 2. The molecule has 1 aromatic carbocycles. The summed E-state index contributed by atoms with van der Waals surface area (Å²) in [5.74, 6) is 4.69. The van der Waals surface area contributed by atoms with E-state index in [-0.39, 0.29) is 4.90 Å². The molecule has 80 valence electrons. The molecule has 0 atom stereocenters. The molecule has 0 aliphatic rings. The molecule has 0 bridgehead atoms. The van der Waals surface area contributed by atoms with Gasteiger partial charge in [0.2, 0.25) is 0 Å². The van der Waals surface area contributed by atoms with E-state index >= 15 is 0 Å². The van der Waals surface area contributed by atoms with Crippen LogP contribution in [0.4, 0.5) is 4.79 Å². The normalized spacial score (nSPS) is 11.5. The highest BCUT2D eigenvalue weighted by molar-refractivity contribution is 7.90. The molecule has 15 heavy (non-hydrogen) atoms. The zero-order chi connectivity index (χ0) is 11.3. The third-order valence-electron chi connectivity index (χ3n) is 1.40. The van der Waals surface area contributed by atoms with Gasteiger partial charge in [-0.1, -0.05) is 23.3 Å². The largest absolute Gasteiger partial charge is 0.374 e. The quantitative estimate of drug-likeness (QED) is 0.330. The molecule has 0 radical (unpaired) electrons. The smallest absolute Gasteiger partial charge is 0.273 e. The maximum Gasteiger partial charge on any atom is 0.374 e. The van der Waals surface area contributed by atoms with Crippen molar-refractivity contribution in [3.8, 4) is 0 Å². The predicted molar refractivity (Wildman–Crippen MR) is 51.2 cm³/mol. The monoisotopic (exact) mass is 228 g/mol. The fourth-order valence-corrected chi connectivity index (χ4v) is 1.54. The average molecular weight is 228 g/mol. The van der Waals surface area contributed by atoms with Crippen molar-refractivity contribution in [2.75, 3.05) is 0 Å². The second kappa shape index (κ2) is 4.62. The second-order valence-electron chi connectivity index (χ2n) is 2.42. The van der Waals surface area contributed by atoms with E-state index in [1.54, 1.807) is 11.5 Å². The first-order chi connectivity index (χ1) is 7.06. The van der Waals surface area contributed by atoms with Gasteiger partial charge >= 0.3 is 6.03 Å². The lowest BCUT2D eigenvalue weighted by molar-refractivity contribution is 0.248. The highest BCUT2D eigenvalue weighted by Crippen LogP contribution is 2.11. The Hall–Kier alpha value is -1.80. The van der Waals surface area contributed by atoms with Gasteiger partial charge in [0.05, 0.1) is 4.90 Å². The summed E-state index contributed by atoms with van der Waals surface area (Å²) in [4.78, 5) is 10.5. The number of hydrogen-bond acceptors (Lipinski definition) is 4. The van der Waals surface area contributed by atoms with Gasteiger partial charge in [0.1, 0.15) is 0 Å². The minimum atomic E-state index is -3.92. The topological polar surface area (TPSA) is 114 Å². The van der Waals surface area contributed by atoms with Crippen molar-refractivity contribution in [1.29, 1.82) is 0 Å². The number of nitrogens with two attached hydrogens (primary N) is 1. The van der Waals surface area contributed by atoms with Crippen LogP contribution in [0.15, 0.2) is 44.9 Å². The Bertz CT molecular complexity index is 468. The summed E-state index contributed by atoms with van der Waals surface area (Å²) in [6.45, 7) is 0. The minimum absolute atomic E-state index is 0.0430. The van der Waals surface area contributed by atoms with Crippen LogP contribution in [0.25, 0.3) is 0 Å². The SMILES string of the molecule is NNC(=O)N=NS(=O)(=O)c1ccccc1. The third kappa shape index (κ3) is 3.11. The van der Waals surface area contributed by atoms with Gasteiger partial charge < -0.3 is 0 Å². The molecule has 7 nitrogen and oxygen atoms in total. The van der Waals surface area contributed by atoms with Gasteiger partial charge in [-0.3, -0.25) is 5.43 Å². The van der Waals surface area contributed by atoms with Crippen molar-refractivity contribution in [1.82, 2.24) is 5.43 Å². The summed E-state index contributed by atoms with van der Waals surface area (Å²) in [5.41, 5.74) is 1.63. The first-order valence-corrected chi connectivity index (χ1v) is 5.24. The number of amides is 2. The van der Waals surface area contributed by atoms with E-state index in [1.165, 1.54) is 24.3 Å². The summed E-state index contributed by atoms with van der Waals surface area (Å²) in [6.07, 6.45) is 0. The molecular formula is C7H8N4O3S. The molecule has 0 aliphatic carbocycles. The molecule has 1 aromatic rings. The van der Waals surface area contributed by atoms with Gasteiger partial charge in [-0.2, -0.15) is 8.42 Å². The highest BCUT2D eigenvalue weighted by atomic mass is 32.2. The average Bonchev–Trinajstić information content (AvgIpc) is 2.27. The summed E-state index contributed by atoms with van der Waals surface area (Å²) >= 11 is 0. The van der Waals surface area contributed by atoms with E-state index < -0.39 is 16.1 Å². The van der Waals surface area contributed by atoms with Crippen LogP contribution in [-0.4, -0.2) is 14.4 Å².